The van der Waals surface area contributed by atoms with E-state index >= 15 is 0 Å². The van der Waals surface area contributed by atoms with E-state index in [0.29, 0.717) is 13.1 Å². The number of hydrogen-bond acceptors (Lipinski definition) is 4. The van der Waals surface area contributed by atoms with Crippen molar-refractivity contribution in [3.05, 3.63) is 28.2 Å². The first-order valence-electron chi connectivity index (χ1n) is 6.96. The third-order valence-electron chi connectivity index (χ3n) is 3.02. The van der Waals surface area contributed by atoms with Crippen LogP contribution in [0.5, 0.6) is 0 Å². The van der Waals surface area contributed by atoms with Crippen LogP contribution in [0, 0.1) is 0 Å². The van der Waals surface area contributed by atoms with Crippen LogP contribution >= 0.6 is 23.2 Å². The molecule has 130 valence electrons. The molecule has 0 bridgehead atoms. The number of likely N-dealkylation sites (N-methyl/N-ethyl adjacent to an activating group) is 1. The molecule has 1 aromatic carbocycles. The van der Waals surface area contributed by atoms with Crippen molar-refractivity contribution >= 4 is 44.8 Å². The lowest BCUT2D eigenvalue weighted by Crippen LogP contribution is -2.36. The quantitative estimate of drug-likeness (QED) is 0.745. The molecule has 0 aliphatic heterocycles. The normalized spacial score (nSPS) is 11.6. The molecule has 0 unspecified atom stereocenters. The van der Waals surface area contributed by atoms with E-state index in [1.165, 1.54) is 0 Å². The Bertz CT molecular complexity index is 651. The van der Waals surface area contributed by atoms with Gasteiger partial charge in [0.15, 0.2) is 0 Å². The molecule has 0 atom stereocenters. The Hall–Kier alpha value is -1.02. The minimum absolute atomic E-state index is 0.00725. The van der Waals surface area contributed by atoms with Crippen molar-refractivity contribution in [2.75, 3.05) is 44.3 Å². The van der Waals surface area contributed by atoms with Gasteiger partial charge in [0.25, 0.3) is 0 Å². The summed E-state index contributed by atoms with van der Waals surface area (Å²) >= 11 is 12.0. The zero-order chi connectivity index (χ0) is 17.6. The Morgan fingerprint density at radius 2 is 1.87 bits per heavy atom. The van der Waals surface area contributed by atoms with Gasteiger partial charge in [-0.15, -0.1) is 0 Å². The molecule has 0 spiro atoms. The number of sulfonamides is 1. The number of anilines is 1. The van der Waals surface area contributed by atoms with E-state index in [-0.39, 0.29) is 34.6 Å². The predicted molar refractivity (Wildman–Crippen MR) is 94.8 cm³/mol. The maximum absolute atomic E-state index is 12.0. The standard InChI is InChI=1S/C14H21Cl2N3O3S/c1-18(2)10-8-17-13(20)7-9-19(23(3,21)22)12-6-4-5-11(15)14(12)16/h4-6H,7-10H2,1-3H3,(H,17,20). The second-order valence-electron chi connectivity index (χ2n) is 5.31. The van der Waals surface area contributed by atoms with Crippen molar-refractivity contribution in [1.82, 2.24) is 10.2 Å². The van der Waals surface area contributed by atoms with Gasteiger partial charge in [0, 0.05) is 26.1 Å². The van der Waals surface area contributed by atoms with E-state index in [0.717, 1.165) is 10.6 Å². The van der Waals surface area contributed by atoms with E-state index in [1.807, 2.05) is 19.0 Å². The SMILES string of the molecule is CN(C)CCNC(=O)CCN(c1cccc(Cl)c1Cl)S(C)(=O)=O. The van der Waals surface area contributed by atoms with Gasteiger partial charge in [0.05, 0.1) is 22.0 Å². The van der Waals surface area contributed by atoms with E-state index in [1.54, 1.807) is 18.2 Å². The van der Waals surface area contributed by atoms with Crippen LogP contribution in [0.25, 0.3) is 0 Å². The highest BCUT2D eigenvalue weighted by atomic mass is 35.5. The number of halogens is 2. The van der Waals surface area contributed by atoms with Crippen LogP contribution in [-0.2, 0) is 14.8 Å². The number of hydrogen-bond donors (Lipinski definition) is 1. The second kappa shape index (κ2) is 8.73. The first-order chi connectivity index (χ1) is 10.6. The third-order valence-corrected chi connectivity index (χ3v) is 5.01. The van der Waals surface area contributed by atoms with Crippen LogP contribution in [0.2, 0.25) is 10.0 Å². The zero-order valence-corrected chi connectivity index (χ0v) is 15.7. The highest BCUT2D eigenvalue weighted by molar-refractivity contribution is 7.92. The monoisotopic (exact) mass is 381 g/mol. The van der Waals surface area contributed by atoms with Crippen molar-refractivity contribution in [3.8, 4) is 0 Å². The van der Waals surface area contributed by atoms with Crippen LogP contribution in [0.1, 0.15) is 6.42 Å². The van der Waals surface area contributed by atoms with Crippen molar-refractivity contribution < 1.29 is 13.2 Å². The number of carbonyl (C=O) groups excluding carboxylic acids is 1. The molecule has 1 N–H and O–H groups in total. The molecule has 23 heavy (non-hydrogen) atoms. The lowest BCUT2D eigenvalue weighted by Gasteiger charge is -2.23. The molecule has 0 aliphatic rings. The minimum atomic E-state index is -3.58. The summed E-state index contributed by atoms with van der Waals surface area (Å²) in [7, 11) is 0.218. The summed E-state index contributed by atoms with van der Waals surface area (Å²) in [5, 5.41) is 3.14. The maximum Gasteiger partial charge on any atom is 0.232 e. The number of benzene rings is 1. The van der Waals surface area contributed by atoms with Gasteiger partial charge in [0.2, 0.25) is 15.9 Å². The van der Waals surface area contributed by atoms with Crippen LogP contribution in [0.3, 0.4) is 0 Å². The molecule has 1 rings (SSSR count). The van der Waals surface area contributed by atoms with E-state index in [2.05, 4.69) is 5.32 Å². The maximum atomic E-state index is 12.0. The average Bonchev–Trinajstić information content (AvgIpc) is 2.41. The first kappa shape index (κ1) is 20.0. The van der Waals surface area contributed by atoms with Crippen molar-refractivity contribution in [2.24, 2.45) is 0 Å². The number of amides is 1. The predicted octanol–water partition coefficient (Wildman–Crippen LogP) is 1.83. The Morgan fingerprint density at radius 3 is 2.43 bits per heavy atom. The fourth-order valence-electron chi connectivity index (χ4n) is 1.86. The topological polar surface area (TPSA) is 69.7 Å². The van der Waals surface area contributed by atoms with Gasteiger partial charge in [-0.05, 0) is 26.2 Å². The Labute approximate surface area is 147 Å². The summed E-state index contributed by atoms with van der Waals surface area (Å²) in [5.74, 6) is -0.223. The largest absolute Gasteiger partial charge is 0.355 e. The Kier molecular flexibility index (Phi) is 7.60. The molecular formula is C14H21Cl2N3O3S. The molecule has 0 saturated heterocycles. The smallest absolute Gasteiger partial charge is 0.232 e. The lowest BCUT2D eigenvalue weighted by atomic mass is 10.3. The first-order valence-corrected chi connectivity index (χ1v) is 9.56. The summed E-state index contributed by atoms with van der Waals surface area (Å²) in [5.41, 5.74) is 0.266. The van der Waals surface area contributed by atoms with Gasteiger partial charge in [-0.1, -0.05) is 29.3 Å². The van der Waals surface area contributed by atoms with Crippen LogP contribution in [-0.4, -0.2) is 59.2 Å². The third kappa shape index (κ3) is 6.55. The van der Waals surface area contributed by atoms with E-state index in [9.17, 15) is 13.2 Å². The van der Waals surface area contributed by atoms with Crippen LogP contribution in [0.15, 0.2) is 18.2 Å². The summed E-state index contributed by atoms with van der Waals surface area (Å²) < 4.78 is 25.1. The molecule has 0 aliphatic carbocycles. The lowest BCUT2D eigenvalue weighted by molar-refractivity contribution is -0.120. The molecule has 0 heterocycles. The van der Waals surface area contributed by atoms with Gasteiger partial charge in [-0.25, -0.2) is 8.42 Å². The van der Waals surface area contributed by atoms with Gasteiger partial charge in [-0.2, -0.15) is 0 Å². The molecule has 0 aromatic heterocycles. The van der Waals surface area contributed by atoms with Crippen LogP contribution in [0.4, 0.5) is 5.69 Å². The molecule has 0 radical (unpaired) electrons. The van der Waals surface area contributed by atoms with Crippen molar-refractivity contribution in [3.63, 3.8) is 0 Å². The zero-order valence-electron chi connectivity index (χ0n) is 13.3. The number of nitrogens with zero attached hydrogens (tertiary/aromatic N) is 2. The Balaban J connectivity index is 2.78. The van der Waals surface area contributed by atoms with E-state index in [4.69, 9.17) is 23.2 Å². The molecular weight excluding hydrogens is 361 g/mol. The van der Waals surface area contributed by atoms with Gasteiger partial charge >= 0.3 is 0 Å². The average molecular weight is 382 g/mol. The number of rotatable bonds is 8. The summed E-state index contributed by atoms with van der Waals surface area (Å²) in [6.45, 7) is 1.21. The minimum Gasteiger partial charge on any atom is -0.355 e. The molecule has 0 fully saturated rings. The fourth-order valence-corrected chi connectivity index (χ4v) is 3.24. The van der Waals surface area contributed by atoms with Gasteiger partial charge < -0.3 is 10.2 Å². The highest BCUT2D eigenvalue weighted by Gasteiger charge is 2.21. The van der Waals surface area contributed by atoms with Gasteiger partial charge in [-0.3, -0.25) is 9.10 Å². The summed E-state index contributed by atoms with van der Waals surface area (Å²) in [4.78, 5) is 13.8. The fraction of sp³-hybridized carbons (Fsp3) is 0.500. The molecule has 6 nitrogen and oxygen atoms in total. The van der Waals surface area contributed by atoms with Crippen molar-refractivity contribution in [2.45, 2.75) is 6.42 Å². The number of carbonyl (C=O) groups is 1. The molecule has 9 heteroatoms. The summed E-state index contributed by atoms with van der Waals surface area (Å²) in [6, 6.07) is 4.74. The molecule has 0 saturated carbocycles. The number of nitrogens with one attached hydrogen (secondary N) is 1. The van der Waals surface area contributed by atoms with Crippen LogP contribution < -0.4 is 9.62 Å². The highest BCUT2D eigenvalue weighted by Crippen LogP contribution is 2.33. The van der Waals surface area contributed by atoms with Gasteiger partial charge in [0.1, 0.15) is 0 Å². The van der Waals surface area contributed by atoms with Crippen molar-refractivity contribution in [1.29, 1.82) is 0 Å². The summed E-state index contributed by atoms with van der Waals surface area (Å²) in [6.07, 6.45) is 1.09. The van der Waals surface area contributed by atoms with E-state index < -0.39 is 10.0 Å². The second-order valence-corrected chi connectivity index (χ2v) is 8.00. The molecule has 1 amide bonds. The Morgan fingerprint density at radius 1 is 1.22 bits per heavy atom. The molecule has 1 aromatic rings.